The minimum absolute atomic E-state index is 0.187. The number of hydrogen-bond acceptors (Lipinski definition) is 4. The Morgan fingerprint density at radius 1 is 1.40 bits per heavy atom. The molecule has 0 saturated heterocycles. The topological polar surface area (TPSA) is 89.5 Å². The average molecular weight is 272 g/mol. The first-order valence-corrected chi connectivity index (χ1v) is 6.69. The van der Waals surface area contributed by atoms with Crippen LogP contribution in [0.4, 0.5) is 5.69 Å². The zero-order chi connectivity index (χ0) is 14.1. The number of fused-ring (bicyclic) bond motifs is 1. The van der Waals surface area contributed by atoms with Crippen LogP contribution >= 0.6 is 0 Å². The van der Waals surface area contributed by atoms with Crippen molar-refractivity contribution in [2.75, 3.05) is 5.32 Å². The van der Waals surface area contributed by atoms with Gasteiger partial charge in [-0.25, -0.2) is 4.52 Å². The van der Waals surface area contributed by atoms with Crippen molar-refractivity contribution in [3.05, 3.63) is 30.1 Å². The van der Waals surface area contributed by atoms with Gasteiger partial charge in [0.2, 0.25) is 0 Å². The van der Waals surface area contributed by atoms with E-state index in [2.05, 4.69) is 10.4 Å². The number of nitrogens with two attached hydrogens (primary N) is 1. The summed E-state index contributed by atoms with van der Waals surface area (Å²) in [5.41, 5.74) is 7.32. The molecule has 1 fully saturated rings. The fraction of sp³-hybridized carbons (Fsp3) is 0.357. The van der Waals surface area contributed by atoms with Gasteiger partial charge in [-0.15, -0.1) is 0 Å². The van der Waals surface area contributed by atoms with E-state index in [0.717, 1.165) is 18.4 Å². The van der Waals surface area contributed by atoms with E-state index < -0.39 is 5.91 Å². The van der Waals surface area contributed by atoms with E-state index >= 15 is 0 Å². The highest BCUT2D eigenvalue weighted by Gasteiger charge is 2.21. The van der Waals surface area contributed by atoms with E-state index in [1.807, 2.05) is 18.3 Å². The van der Waals surface area contributed by atoms with Gasteiger partial charge in [0.05, 0.1) is 23.0 Å². The summed E-state index contributed by atoms with van der Waals surface area (Å²) in [6, 6.07) is 3.94. The molecule has 2 heterocycles. The lowest BCUT2D eigenvalue weighted by Gasteiger charge is -2.24. The molecule has 0 unspecified atom stereocenters. The van der Waals surface area contributed by atoms with E-state index in [4.69, 9.17) is 5.73 Å². The van der Waals surface area contributed by atoms with Crippen molar-refractivity contribution in [2.24, 2.45) is 5.73 Å². The maximum absolute atomic E-state index is 11.6. The summed E-state index contributed by atoms with van der Waals surface area (Å²) in [6.07, 6.45) is 6.04. The molecular formula is C14H16N4O2. The van der Waals surface area contributed by atoms with Gasteiger partial charge >= 0.3 is 0 Å². The number of rotatable bonds is 3. The predicted molar refractivity (Wildman–Crippen MR) is 74.6 cm³/mol. The third-order valence-corrected chi connectivity index (χ3v) is 3.72. The molecule has 0 radical (unpaired) electrons. The molecule has 0 aromatic carbocycles. The second-order valence-corrected chi connectivity index (χ2v) is 5.09. The molecule has 3 rings (SSSR count). The molecule has 2 aromatic heterocycles. The molecule has 1 saturated carbocycles. The van der Waals surface area contributed by atoms with E-state index in [0.29, 0.717) is 29.9 Å². The highest BCUT2D eigenvalue weighted by Crippen LogP contribution is 2.26. The first-order valence-electron chi connectivity index (χ1n) is 6.69. The SMILES string of the molecule is NC(=O)c1cnn2cccc2c1NC1CCC(=O)CC1. The van der Waals surface area contributed by atoms with Crippen molar-refractivity contribution in [3.8, 4) is 0 Å². The fourth-order valence-electron chi connectivity index (χ4n) is 2.62. The van der Waals surface area contributed by atoms with Crippen molar-refractivity contribution in [2.45, 2.75) is 31.7 Å². The molecule has 0 aliphatic heterocycles. The highest BCUT2D eigenvalue weighted by molar-refractivity contribution is 6.01. The molecule has 2 aromatic rings. The number of carbonyl (C=O) groups is 2. The summed E-state index contributed by atoms with van der Waals surface area (Å²) in [5, 5.41) is 7.52. The Labute approximate surface area is 115 Å². The Hall–Kier alpha value is -2.37. The standard InChI is InChI=1S/C14H16N4O2/c15-14(20)11-8-16-18-7-1-2-12(18)13(11)17-9-3-5-10(19)6-4-9/h1-2,7-9,17H,3-6H2,(H2,15,20). The number of amides is 1. The van der Waals surface area contributed by atoms with Crippen molar-refractivity contribution < 1.29 is 9.59 Å². The summed E-state index contributed by atoms with van der Waals surface area (Å²) >= 11 is 0. The Kier molecular flexibility index (Phi) is 3.14. The molecule has 1 amide bonds. The van der Waals surface area contributed by atoms with Gasteiger partial charge in [0.15, 0.2) is 0 Å². The lowest BCUT2D eigenvalue weighted by atomic mass is 9.94. The molecule has 1 aliphatic carbocycles. The Morgan fingerprint density at radius 3 is 2.85 bits per heavy atom. The minimum atomic E-state index is -0.504. The molecule has 0 atom stereocenters. The Bertz CT molecular complexity index is 667. The average Bonchev–Trinajstić information content (AvgIpc) is 2.90. The van der Waals surface area contributed by atoms with Crippen LogP contribution in [0.1, 0.15) is 36.0 Å². The monoisotopic (exact) mass is 272 g/mol. The second kappa shape index (κ2) is 4.96. The van der Waals surface area contributed by atoms with Crippen molar-refractivity contribution >= 4 is 22.9 Å². The molecule has 0 bridgehead atoms. The van der Waals surface area contributed by atoms with Gasteiger partial charge in [-0.1, -0.05) is 0 Å². The van der Waals surface area contributed by atoms with Gasteiger partial charge < -0.3 is 11.1 Å². The predicted octanol–water partition coefficient (Wildman–Crippen LogP) is 1.36. The first kappa shape index (κ1) is 12.7. The van der Waals surface area contributed by atoms with Crippen LogP contribution in [0.25, 0.3) is 5.52 Å². The van der Waals surface area contributed by atoms with Crippen molar-refractivity contribution in [1.29, 1.82) is 0 Å². The summed E-state index contributed by atoms with van der Waals surface area (Å²) in [6.45, 7) is 0. The van der Waals surface area contributed by atoms with Crippen LogP contribution in [0, 0.1) is 0 Å². The zero-order valence-corrected chi connectivity index (χ0v) is 11.0. The lowest BCUT2D eigenvalue weighted by Crippen LogP contribution is -2.28. The maximum Gasteiger partial charge on any atom is 0.252 e. The molecule has 6 heteroatoms. The second-order valence-electron chi connectivity index (χ2n) is 5.09. The maximum atomic E-state index is 11.6. The third kappa shape index (κ3) is 2.24. The van der Waals surface area contributed by atoms with Gasteiger partial charge in [0.1, 0.15) is 5.78 Å². The van der Waals surface area contributed by atoms with E-state index in [9.17, 15) is 9.59 Å². The highest BCUT2D eigenvalue weighted by atomic mass is 16.1. The van der Waals surface area contributed by atoms with Crippen LogP contribution in [-0.4, -0.2) is 27.3 Å². The van der Waals surface area contributed by atoms with Crippen molar-refractivity contribution in [3.63, 3.8) is 0 Å². The number of carbonyl (C=O) groups excluding carboxylic acids is 2. The van der Waals surface area contributed by atoms with Crippen LogP contribution in [-0.2, 0) is 4.79 Å². The number of nitrogens with one attached hydrogen (secondary N) is 1. The van der Waals surface area contributed by atoms with Crippen LogP contribution in [0.2, 0.25) is 0 Å². The Balaban J connectivity index is 1.96. The molecule has 3 N–H and O–H groups in total. The largest absolute Gasteiger partial charge is 0.380 e. The quantitative estimate of drug-likeness (QED) is 0.882. The van der Waals surface area contributed by atoms with Crippen molar-refractivity contribution in [1.82, 2.24) is 9.61 Å². The molecule has 6 nitrogen and oxygen atoms in total. The van der Waals surface area contributed by atoms with Gasteiger partial charge in [0, 0.05) is 25.1 Å². The lowest BCUT2D eigenvalue weighted by molar-refractivity contribution is -0.120. The molecule has 0 spiro atoms. The fourth-order valence-corrected chi connectivity index (χ4v) is 2.62. The van der Waals surface area contributed by atoms with E-state index in [1.165, 1.54) is 6.20 Å². The van der Waals surface area contributed by atoms with Gasteiger partial charge in [-0.2, -0.15) is 5.10 Å². The van der Waals surface area contributed by atoms with E-state index in [-0.39, 0.29) is 6.04 Å². The van der Waals surface area contributed by atoms with Gasteiger partial charge in [0.25, 0.3) is 5.91 Å². The summed E-state index contributed by atoms with van der Waals surface area (Å²) in [5.74, 6) is -0.198. The number of nitrogens with zero attached hydrogens (tertiary/aromatic N) is 2. The number of Topliss-reactive ketones (excluding diaryl/α,β-unsaturated/α-hetero) is 1. The number of primary amides is 1. The summed E-state index contributed by atoms with van der Waals surface area (Å²) < 4.78 is 1.70. The first-order chi connectivity index (χ1) is 9.65. The number of ketones is 1. The smallest absolute Gasteiger partial charge is 0.252 e. The minimum Gasteiger partial charge on any atom is -0.380 e. The molecule has 104 valence electrons. The third-order valence-electron chi connectivity index (χ3n) is 3.72. The Morgan fingerprint density at radius 2 is 2.15 bits per heavy atom. The van der Waals surface area contributed by atoms with Crippen LogP contribution < -0.4 is 11.1 Å². The molecule has 20 heavy (non-hydrogen) atoms. The zero-order valence-electron chi connectivity index (χ0n) is 11.0. The number of aromatic nitrogens is 2. The van der Waals surface area contributed by atoms with Crippen LogP contribution in [0.3, 0.4) is 0 Å². The van der Waals surface area contributed by atoms with Crippen LogP contribution in [0.5, 0.6) is 0 Å². The van der Waals surface area contributed by atoms with E-state index in [1.54, 1.807) is 4.52 Å². The number of hydrogen-bond donors (Lipinski definition) is 2. The normalized spacial score (nSPS) is 16.5. The van der Waals surface area contributed by atoms with Gasteiger partial charge in [-0.3, -0.25) is 9.59 Å². The summed E-state index contributed by atoms with van der Waals surface area (Å²) in [7, 11) is 0. The van der Waals surface area contributed by atoms with Crippen LogP contribution in [0.15, 0.2) is 24.5 Å². The molecule has 1 aliphatic rings. The summed E-state index contributed by atoms with van der Waals surface area (Å²) in [4.78, 5) is 22.9. The van der Waals surface area contributed by atoms with Gasteiger partial charge in [-0.05, 0) is 25.0 Å². The number of anilines is 1. The molecular weight excluding hydrogens is 256 g/mol.